The lowest BCUT2D eigenvalue weighted by molar-refractivity contribution is -0.136. The van der Waals surface area contributed by atoms with E-state index in [1.807, 2.05) is 22.7 Å². The Labute approximate surface area is 156 Å². The fourth-order valence-electron chi connectivity index (χ4n) is 3.72. The Bertz CT molecular complexity index is 812. The van der Waals surface area contributed by atoms with Gasteiger partial charge in [-0.1, -0.05) is 0 Å². The summed E-state index contributed by atoms with van der Waals surface area (Å²) in [6.45, 7) is 1.95. The van der Waals surface area contributed by atoms with Gasteiger partial charge in [0, 0.05) is 45.0 Å². The summed E-state index contributed by atoms with van der Waals surface area (Å²) in [4.78, 5) is 19.2. The molecule has 5 nitrogen and oxygen atoms in total. The second-order valence-corrected chi connectivity index (χ2v) is 6.76. The minimum atomic E-state index is -0.470. The lowest BCUT2D eigenvalue weighted by Gasteiger charge is -2.36. The SMILES string of the molecule is Cl.Cn1ccnc1C1CNCCN1C(=O)C1CC1c1cc(F)ccc1F. The molecule has 8 heteroatoms. The molecule has 2 fully saturated rings. The van der Waals surface area contributed by atoms with Crippen LogP contribution in [0.15, 0.2) is 30.6 Å². The molecule has 1 aliphatic heterocycles. The molecule has 1 aromatic heterocycles. The molecule has 3 atom stereocenters. The highest BCUT2D eigenvalue weighted by Gasteiger charge is 2.48. The Morgan fingerprint density at radius 3 is 2.88 bits per heavy atom. The quantitative estimate of drug-likeness (QED) is 0.886. The molecule has 1 aliphatic carbocycles. The molecule has 0 spiro atoms. The molecule has 26 heavy (non-hydrogen) atoms. The predicted octanol–water partition coefficient (Wildman–Crippen LogP) is 2.40. The zero-order chi connectivity index (χ0) is 17.6. The number of aromatic nitrogens is 2. The van der Waals surface area contributed by atoms with Crippen LogP contribution in [0.3, 0.4) is 0 Å². The lowest BCUT2D eigenvalue weighted by Crippen LogP contribution is -2.50. The van der Waals surface area contributed by atoms with Gasteiger partial charge in [-0.3, -0.25) is 4.79 Å². The second-order valence-electron chi connectivity index (χ2n) is 6.76. The van der Waals surface area contributed by atoms with Crippen molar-refractivity contribution in [2.45, 2.75) is 18.4 Å². The number of aryl methyl sites for hydroxylation is 1. The van der Waals surface area contributed by atoms with Crippen LogP contribution in [0.1, 0.15) is 29.8 Å². The fourth-order valence-corrected chi connectivity index (χ4v) is 3.72. The van der Waals surface area contributed by atoms with E-state index in [-0.39, 0.29) is 36.2 Å². The van der Waals surface area contributed by atoms with Gasteiger partial charge in [-0.15, -0.1) is 12.4 Å². The predicted molar refractivity (Wildman–Crippen MR) is 95.0 cm³/mol. The van der Waals surface area contributed by atoms with E-state index < -0.39 is 11.6 Å². The Morgan fingerprint density at radius 1 is 1.35 bits per heavy atom. The van der Waals surface area contributed by atoms with Gasteiger partial charge in [0.05, 0.1) is 0 Å². The molecular formula is C18H21ClF2N4O. The number of benzene rings is 1. The van der Waals surface area contributed by atoms with E-state index in [1.165, 1.54) is 6.07 Å². The summed E-state index contributed by atoms with van der Waals surface area (Å²) in [5, 5.41) is 3.30. The number of piperazine rings is 1. The van der Waals surface area contributed by atoms with Crippen LogP contribution < -0.4 is 5.32 Å². The second kappa shape index (κ2) is 7.32. The summed E-state index contributed by atoms with van der Waals surface area (Å²) < 4.78 is 29.3. The largest absolute Gasteiger partial charge is 0.336 e. The van der Waals surface area contributed by atoms with E-state index in [9.17, 15) is 13.6 Å². The number of halogens is 3. The van der Waals surface area contributed by atoms with Crippen molar-refractivity contribution in [2.75, 3.05) is 19.6 Å². The third-order valence-electron chi connectivity index (χ3n) is 5.15. The molecule has 0 radical (unpaired) electrons. The van der Waals surface area contributed by atoms with Gasteiger partial charge in [0.1, 0.15) is 23.5 Å². The van der Waals surface area contributed by atoms with Gasteiger partial charge in [-0.2, -0.15) is 0 Å². The van der Waals surface area contributed by atoms with Gasteiger partial charge in [-0.25, -0.2) is 13.8 Å². The Kier molecular flexibility index (Phi) is 5.29. The van der Waals surface area contributed by atoms with Crippen molar-refractivity contribution >= 4 is 18.3 Å². The number of nitrogens with one attached hydrogen (secondary N) is 1. The molecule has 0 bridgehead atoms. The van der Waals surface area contributed by atoms with Crippen LogP contribution in [0.2, 0.25) is 0 Å². The zero-order valence-electron chi connectivity index (χ0n) is 14.4. The molecule has 4 rings (SSSR count). The molecule has 2 heterocycles. The Hall–Kier alpha value is -1.99. The normalized spacial score (nSPS) is 24.9. The first-order valence-electron chi connectivity index (χ1n) is 8.49. The van der Waals surface area contributed by atoms with Crippen LogP contribution in [0.5, 0.6) is 0 Å². The maximum Gasteiger partial charge on any atom is 0.227 e. The van der Waals surface area contributed by atoms with Gasteiger partial charge in [0.25, 0.3) is 0 Å². The molecule has 2 aromatic rings. The Balaban J connectivity index is 0.00000196. The van der Waals surface area contributed by atoms with Crippen LogP contribution in [-0.4, -0.2) is 40.0 Å². The first-order chi connectivity index (χ1) is 12.1. The number of hydrogen-bond acceptors (Lipinski definition) is 3. The van der Waals surface area contributed by atoms with E-state index in [0.717, 1.165) is 24.5 Å². The van der Waals surface area contributed by atoms with Gasteiger partial charge in [0.2, 0.25) is 5.91 Å². The van der Waals surface area contributed by atoms with Crippen LogP contribution in [0.25, 0.3) is 0 Å². The topological polar surface area (TPSA) is 50.2 Å². The first kappa shape index (κ1) is 18.8. The number of amides is 1. The minimum Gasteiger partial charge on any atom is -0.336 e. The van der Waals surface area contributed by atoms with Crippen molar-refractivity contribution in [3.63, 3.8) is 0 Å². The van der Waals surface area contributed by atoms with Crippen molar-refractivity contribution in [1.82, 2.24) is 19.8 Å². The molecule has 1 N–H and O–H groups in total. The average molecular weight is 383 g/mol. The van der Waals surface area contributed by atoms with E-state index in [1.54, 1.807) is 6.20 Å². The highest BCUT2D eigenvalue weighted by molar-refractivity contribution is 5.85. The van der Waals surface area contributed by atoms with E-state index in [0.29, 0.717) is 25.1 Å². The maximum atomic E-state index is 14.0. The van der Waals surface area contributed by atoms with Crippen LogP contribution in [0.4, 0.5) is 8.78 Å². The highest BCUT2D eigenvalue weighted by Crippen LogP contribution is 2.50. The highest BCUT2D eigenvalue weighted by atomic mass is 35.5. The van der Waals surface area contributed by atoms with E-state index in [4.69, 9.17) is 0 Å². The number of imidazole rings is 1. The number of carbonyl (C=O) groups is 1. The Morgan fingerprint density at radius 2 is 2.15 bits per heavy atom. The summed E-state index contributed by atoms with van der Waals surface area (Å²) in [5.41, 5.74) is 0.307. The third kappa shape index (κ3) is 3.33. The van der Waals surface area contributed by atoms with Crippen molar-refractivity contribution < 1.29 is 13.6 Å². The molecule has 1 saturated heterocycles. The summed E-state index contributed by atoms with van der Waals surface area (Å²) in [7, 11) is 1.90. The summed E-state index contributed by atoms with van der Waals surface area (Å²) in [5.74, 6) is -0.597. The molecule has 1 aromatic carbocycles. The van der Waals surface area contributed by atoms with Gasteiger partial charge in [-0.05, 0) is 36.1 Å². The van der Waals surface area contributed by atoms with Crippen molar-refractivity contribution in [3.05, 3.63) is 53.6 Å². The first-order valence-corrected chi connectivity index (χ1v) is 8.49. The van der Waals surface area contributed by atoms with Crippen LogP contribution in [-0.2, 0) is 11.8 Å². The molecular weight excluding hydrogens is 362 g/mol. The summed E-state index contributed by atoms with van der Waals surface area (Å²) in [6, 6.07) is 3.30. The molecule has 2 aliphatic rings. The number of rotatable bonds is 3. The van der Waals surface area contributed by atoms with E-state index in [2.05, 4.69) is 10.3 Å². The standard InChI is InChI=1S/C18H20F2N4O.ClH/c1-23-6-5-22-17(23)16-10-21-4-7-24(16)18(25)14-9-12(14)13-8-11(19)2-3-15(13)20;/h2-3,5-6,8,12,14,16,21H,4,7,9-10H2,1H3;1H. The maximum absolute atomic E-state index is 14.0. The molecule has 1 amide bonds. The summed E-state index contributed by atoms with van der Waals surface area (Å²) >= 11 is 0. The van der Waals surface area contributed by atoms with Gasteiger partial charge < -0.3 is 14.8 Å². The average Bonchev–Trinajstić information content (AvgIpc) is 3.30. The number of carbonyl (C=O) groups excluding carboxylic acids is 1. The molecule has 140 valence electrons. The smallest absolute Gasteiger partial charge is 0.227 e. The monoisotopic (exact) mass is 382 g/mol. The van der Waals surface area contributed by atoms with Gasteiger partial charge >= 0.3 is 0 Å². The molecule has 1 saturated carbocycles. The summed E-state index contributed by atoms with van der Waals surface area (Å²) in [6.07, 6.45) is 4.14. The van der Waals surface area contributed by atoms with Crippen molar-refractivity contribution in [3.8, 4) is 0 Å². The third-order valence-corrected chi connectivity index (χ3v) is 5.15. The fraction of sp³-hybridized carbons (Fsp3) is 0.444. The lowest BCUT2D eigenvalue weighted by atomic mass is 10.1. The number of hydrogen-bond donors (Lipinski definition) is 1. The zero-order valence-corrected chi connectivity index (χ0v) is 15.2. The van der Waals surface area contributed by atoms with Crippen LogP contribution in [0, 0.1) is 17.6 Å². The molecule has 3 unspecified atom stereocenters. The van der Waals surface area contributed by atoms with Crippen molar-refractivity contribution in [2.24, 2.45) is 13.0 Å². The number of nitrogens with zero attached hydrogens (tertiary/aromatic N) is 3. The van der Waals surface area contributed by atoms with Crippen LogP contribution >= 0.6 is 12.4 Å². The van der Waals surface area contributed by atoms with Crippen molar-refractivity contribution in [1.29, 1.82) is 0 Å². The van der Waals surface area contributed by atoms with E-state index >= 15 is 0 Å². The van der Waals surface area contributed by atoms with Gasteiger partial charge in [0.15, 0.2) is 0 Å². The minimum absolute atomic E-state index is 0.